The number of aromatic nitrogens is 2. The van der Waals surface area contributed by atoms with E-state index in [9.17, 15) is 24.7 Å². The number of carboxylic acid groups (broad SMARTS) is 1. The Kier molecular flexibility index (Phi) is 6.58. The van der Waals surface area contributed by atoms with E-state index in [4.69, 9.17) is 5.73 Å². The molecule has 1 aromatic rings. The number of aliphatic carboxylic acids is 1. The van der Waals surface area contributed by atoms with Crippen LogP contribution in [0.25, 0.3) is 0 Å². The molecular weight excluding hydrogens is 537 g/mol. The van der Waals surface area contributed by atoms with Gasteiger partial charge in [-0.3, -0.25) is 24.0 Å². The molecule has 3 fully saturated rings. The highest BCUT2D eigenvalue weighted by molar-refractivity contribution is 8.13. The van der Waals surface area contributed by atoms with Gasteiger partial charge >= 0.3 is 11.1 Å². The first-order valence-electron chi connectivity index (χ1n) is 10.4. The van der Waals surface area contributed by atoms with Crippen molar-refractivity contribution in [3.05, 3.63) is 16.4 Å². The number of nitrogens with one attached hydrogen (secondary N) is 1. The first kappa shape index (κ1) is 24.2. The zero-order valence-corrected chi connectivity index (χ0v) is 21.5. The van der Waals surface area contributed by atoms with Crippen LogP contribution in [-0.4, -0.2) is 118 Å². The number of amidine groups is 1. The highest BCUT2D eigenvalue weighted by atomic mass is 32.2. The lowest BCUT2D eigenvalue weighted by Gasteiger charge is -2.49. The van der Waals surface area contributed by atoms with Gasteiger partial charge in [-0.25, -0.2) is 4.79 Å². The fraction of sp³-hybridized carbons (Fsp3) is 0.500. The van der Waals surface area contributed by atoms with Crippen LogP contribution in [0.3, 0.4) is 0 Å². The van der Waals surface area contributed by atoms with Crippen LogP contribution in [0.15, 0.2) is 15.8 Å². The molecule has 1 aromatic heterocycles. The van der Waals surface area contributed by atoms with E-state index < -0.39 is 34.9 Å². The molecule has 5 rings (SSSR count). The smallest absolute Gasteiger partial charge is 0.353 e. The third kappa shape index (κ3) is 4.34. The van der Waals surface area contributed by atoms with Crippen molar-refractivity contribution < 1.29 is 29.3 Å². The third-order valence-electron chi connectivity index (χ3n) is 5.80. The molecule has 0 radical (unpaired) electrons. The van der Waals surface area contributed by atoms with Gasteiger partial charge in [-0.1, -0.05) is 5.16 Å². The van der Waals surface area contributed by atoms with Crippen molar-refractivity contribution >= 4 is 80.6 Å². The highest BCUT2D eigenvalue weighted by Crippen LogP contribution is 2.45. The van der Waals surface area contributed by atoms with E-state index in [2.05, 4.69) is 36.4 Å². The number of hydrogen-bond donors (Lipinski definition) is 4. The van der Waals surface area contributed by atoms with Crippen LogP contribution >= 0.6 is 46.8 Å². The fourth-order valence-electron chi connectivity index (χ4n) is 4.10. The Morgan fingerprint density at radius 3 is 2.74 bits per heavy atom. The van der Waals surface area contributed by atoms with Crippen molar-refractivity contribution in [1.82, 2.24) is 24.5 Å². The molecule has 0 unspecified atom stereocenters. The Balaban J connectivity index is 1.26. The minimum Gasteiger partial charge on any atom is -0.477 e. The van der Waals surface area contributed by atoms with Crippen molar-refractivity contribution in [3.8, 4) is 0 Å². The number of anilines is 1. The Labute approximate surface area is 216 Å². The van der Waals surface area contributed by atoms with E-state index >= 15 is 0 Å². The Bertz CT molecular complexity index is 1190. The Morgan fingerprint density at radius 2 is 2.14 bits per heavy atom. The summed E-state index contributed by atoms with van der Waals surface area (Å²) in [6, 6.07) is -0.966. The number of nitrogen functional groups attached to an aromatic ring is 1. The second-order valence-electron chi connectivity index (χ2n) is 8.04. The standard InChI is InChI=1S/C18H20N8O5S4/c1-24-2-3-32-18(24)25-4-7(5-25)34-8-6-33-15-10(14(28)26(15)11(8)16(29)30)20-13(27)9(22-31)12-21-17(19)35-23-12/h7,10,15H,2-6H2,1H3,(H4-,19,20,21,23,27,29,30,31)/p+1/t10-,15-/m1/s1. The number of nitrogens with two attached hydrogens (primary N) is 1. The summed E-state index contributed by atoms with van der Waals surface area (Å²) in [7, 11) is 2.07. The average Bonchev–Trinajstić information content (AvgIpc) is 3.42. The van der Waals surface area contributed by atoms with Gasteiger partial charge in [0, 0.05) is 27.9 Å². The molecule has 2 atom stereocenters. The number of hydrogen-bond acceptors (Lipinski definition) is 12. The first-order chi connectivity index (χ1) is 16.8. The molecule has 13 nitrogen and oxygen atoms in total. The van der Waals surface area contributed by atoms with Crippen LogP contribution in [0.2, 0.25) is 0 Å². The van der Waals surface area contributed by atoms with Gasteiger partial charge in [0.15, 0.2) is 5.13 Å². The van der Waals surface area contributed by atoms with E-state index in [0.29, 0.717) is 10.7 Å². The number of rotatable bonds is 6. The summed E-state index contributed by atoms with van der Waals surface area (Å²) >= 11 is 5.55. The lowest BCUT2D eigenvalue weighted by atomic mass is 10.0. The zero-order chi connectivity index (χ0) is 24.9. The summed E-state index contributed by atoms with van der Waals surface area (Å²) in [5, 5.41) is 25.6. The number of carbonyl (C=O) groups excluding carboxylic acids is 2. The molecular formula is C18H21N8O5S4+. The topological polar surface area (TPSA) is 177 Å². The van der Waals surface area contributed by atoms with E-state index in [1.165, 1.54) is 33.6 Å². The zero-order valence-electron chi connectivity index (χ0n) is 18.3. The molecule has 4 aliphatic heterocycles. The molecule has 5 heterocycles. The molecule has 0 saturated carbocycles. The van der Waals surface area contributed by atoms with E-state index in [1.807, 2.05) is 11.8 Å². The number of nitrogens with zero attached hydrogens (tertiary/aromatic N) is 6. The largest absolute Gasteiger partial charge is 0.477 e. The van der Waals surface area contributed by atoms with Crippen molar-refractivity contribution in [2.24, 2.45) is 5.16 Å². The summed E-state index contributed by atoms with van der Waals surface area (Å²) in [6.07, 6.45) is 0. The van der Waals surface area contributed by atoms with E-state index in [0.717, 1.165) is 36.9 Å². The molecule has 0 aliphatic carbocycles. The maximum atomic E-state index is 12.9. The van der Waals surface area contributed by atoms with Crippen molar-refractivity contribution in [3.63, 3.8) is 0 Å². The normalized spacial score (nSPS) is 26.5. The summed E-state index contributed by atoms with van der Waals surface area (Å²) in [6.45, 7) is 2.68. The minimum absolute atomic E-state index is 0.0299. The van der Waals surface area contributed by atoms with Gasteiger partial charge in [0.25, 0.3) is 11.8 Å². The minimum atomic E-state index is -1.17. The van der Waals surface area contributed by atoms with Crippen molar-refractivity contribution in [2.75, 3.05) is 43.9 Å². The maximum Gasteiger partial charge on any atom is 0.353 e. The number of thioether (sulfide) groups is 3. The second kappa shape index (κ2) is 9.51. The molecule has 2 amide bonds. The number of carbonyl (C=O) groups is 3. The van der Waals surface area contributed by atoms with Gasteiger partial charge < -0.3 is 21.4 Å². The number of β-lactam (4-membered cyclic amide) rings is 1. The van der Waals surface area contributed by atoms with Gasteiger partial charge in [-0.2, -0.15) is 9.36 Å². The van der Waals surface area contributed by atoms with E-state index in [1.54, 1.807) is 0 Å². The number of fused-ring (bicyclic) bond motifs is 1. The van der Waals surface area contributed by atoms with Crippen LogP contribution in [0.5, 0.6) is 0 Å². The monoisotopic (exact) mass is 557 g/mol. The Morgan fingerprint density at radius 1 is 1.37 bits per heavy atom. The van der Waals surface area contributed by atoms with Gasteiger partial charge in [-0.05, 0) is 11.8 Å². The molecule has 35 heavy (non-hydrogen) atoms. The molecule has 0 spiro atoms. The van der Waals surface area contributed by atoms with Gasteiger partial charge in [0.2, 0.25) is 11.5 Å². The van der Waals surface area contributed by atoms with Crippen LogP contribution in [-0.2, 0) is 14.4 Å². The van der Waals surface area contributed by atoms with Crippen LogP contribution in [0, 0.1) is 0 Å². The van der Waals surface area contributed by atoms with Crippen LogP contribution < -0.4 is 11.1 Å². The van der Waals surface area contributed by atoms with E-state index in [-0.39, 0.29) is 21.9 Å². The highest BCUT2D eigenvalue weighted by Gasteiger charge is 2.55. The molecule has 17 heteroatoms. The van der Waals surface area contributed by atoms with Gasteiger partial charge in [0.05, 0.1) is 18.8 Å². The maximum absolute atomic E-state index is 12.9. The van der Waals surface area contributed by atoms with Crippen LogP contribution in [0.4, 0.5) is 5.13 Å². The molecule has 0 bridgehead atoms. The summed E-state index contributed by atoms with van der Waals surface area (Å²) in [4.78, 5) is 45.5. The second-order valence-corrected chi connectivity index (χ2v) is 12.4. The lowest BCUT2D eigenvalue weighted by Crippen LogP contribution is -2.71. The first-order valence-corrected chi connectivity index (χ1v) is 14.1. The van der Waals surface area contributed by atoms with Gasteiger partial charge in [-0.15, -0.1) is 23.5 Å². The number of amides is 2. The average molecular weight is 558 g/mol. The number of carboxylic acids is 1. The van der Waals surface area contributed by atoms with Crippen molar-refractivity contribution in [1.29, 1.82) is 0 Å². The van der Waals surface area contributed by atoms with Crippen LogP contribution in [0.1, 0.15) is 5.82 Å². The predicted molar refractivity (Wildman–Crippen MR) is 134 cm³/mol. The lowest BCUT2D eigenvalue weighted by molar-refractivity contribution is -0.580. The quantitative estimate of drug-likeness (QED) is 0.112. The molecule has 186 valence electrons. The summed E-state index contributed by atoms with van der Waals surface area (Å²) in [5.74, 6) is -1.24. The van der Waals surface area contributed by atoms with Crippen molar-refractivity contribution in [2.45, 2.75) is 16.7 Å². The molecule has 3 saturated heterocycles. The van der Waals surface area contributed by atoms with Gasteiger partial charge in [0.1, 0.15) is 30.2 Å². The molecule has 5 N–H and O–H groups in total. The number of oxime groups is 1. The summed E-state index contributed by atoms with van der Waals surface area (Å²) in [5.41, 5.74) is 5.00. The molecule has 0 aromatic carbocycles. The SMILES string of the molecule is CN1CCSC1=[N+]1CC(SC2=C(C(=O)O)N3C(=O)[C@@H](NC(=O)/C(=N\O)c4nsc(N)n4)[C@H]3SC2)C1. The molecule has 4 aliphatic rings. The third-order valence-corrected chi connectivity index (χ3v) is 10.3. The fourth-order valence-corrected chi connectivity index (χ4v) is 8.60. The Hall–Kier alpha value is -2.50. The summed E-state index contributed by atoms with van der Waals surface area (Å²) < 4.78 is 6.13. The predicted octanol–water partition coefficient (Wildman–Crippen LogP) is -0.843.